The molecule has 1 N–H and O–H groups in total. The Balaban J connectivity index is 1.60. The number of nitrogens with zero attached hydrogens (tertiary/aromatic N) is 4. The van der Waals surface area contributed by atoms with Gasteiger partial charge in [0.1, 0.15) is 5.69 Å². The lowest BCUT2D eigenvalue weighted by molar-refractivity contribution is -0.116. The number of benzene rings is 1. The van der Waals surface area contributed by atoms with Crippen molar-refractivity contribution in [1.29, 1.82) is 0 Å². The van der Waals surface area contributed by atoms with E-state index < -0.39 is 9.84 Å². The SMILES string of the molecule is CS(=O)(=O)c1ccc(-n2cc(/C=C/C(=O)NCc3cccnc3)c(-c3ccncc3)n2)cc1. The first kappa shape index (κ1) is 22.1. The van der Waals surface area contributed by atoms with E-state index in [1.807, 2.05) is 24.3 Å². The van der Waals surface area contributed by atoms with E-state index in [0.29, 0.717) is 17.9 Å². The van der Waals surface area contributed by atoms with E-state index in [1.54, 1.807) is 66.0 Å². The summed E-state index contributed by atoms with van der Waals surface area (Å²) in [6.45, 7) is 0.375. The Labute approximate surface area is 191 Å². The minimum atomic E-state index is -3.29. The van der Waals surface area contributed by atoms with Crippen LogP contribution in [0.5, 0.6) is 0 Å². The summed E-state index contributed by atoms with van der Waals surface area (Å²) >= 11 is 0. The Morgan fingerprint density at radius 3 is 2.45 bits per heavy atom. The van der Waals surface area contributed by atoms with E-state index in [4.69, 9.17) is 0 Å². The quantitative estimate of drug-likeness (QED) is 0.426. The van der Waals surface area contributed by atoms with Crippen molar-refractivity contribution in [3.63, 3.8) is 0 Å². The van der Waals surface area contributed by atoms with Gasteiger partial charge in [0.25, 0.3) is 0 Å². The van der Waals surface area contributed by atoms with Crippen LogP contribution in [-0.4, -0.2) is 40.3 Å². The number of nitrogens with one attached hydrogen (secondary N) is 1. The number of aromatic nitrogens is 4. The molecule has 0 fully saturated rings. The maximum Gasteiger partial charge on any atom is 0.244 e. The summed E-state index contributed by atoms with van der Waals surface area (Å²) in [6.07, 6.45) is 12.8. The fraction of sp³-hybridized carbons (Fsp3) is 0.0833. The summed E-state index contributed by atoms with van der Waals surface area (Å²) in [5, 5.41) is 7.49. The smallest absolute Gasteiger partial charge is 0.244 e. The highest BCUT2D eigenvalue weighted by Gasteiger charge is 2.12. The number of hydrogen-bond donors (Lipinski definition) is 1. The molecule has 3 aromatic heterocycles. The Morgan fingerprint density at radius 2 is 1.79 bits per heavy atom. The van der Waals surface area contributed by atoms with Gasteiger partial charge in [-0.2, -0.15) is 5.10 Å². The number of hydrogen-bond acceptors (Lipinski definition) is 6. The molecule has 8 nitrogen and oxygen atoms in total. The van der Waals surface area contributed by atoms with Crippen molar-refractivity contribution in [1.82, 2.24) is 25.1 Å². The molecule has 0 radical (unpaired) electrons. The zero-order chi connectivity index (χ0) is 23.3. The molecule has 0 bridgehead atoms. The van der Waals surface area contributed by atoms with Crippen molar-refractivity contribution < 1.29 is 13.2 Å². The summed E-state index contributed by atoms with van der Waals surface area (Å²) in [7, 11) is -3.29. The van der Waals surface area contributed by atoms with Crippen LogP contribution in [0.4, 0.5) is 0 Å². The van der Waals surface area contributed by atoms with Gasteiger partial charge in [0.15, 0.2) is 9.84 Å². The van der Waals surface area contributed by atoms with E-state index in [-0.39, 0.29) is 10.8 Å². The molecule has 0 saturated carbocycles. The minimum absolute atomic E-state index is 0.234. The van der Waals surface area contributed by atoms with Gasteiger partial charge in [-0.05, 0) is 54.1 Å². The fourth-order valence-electron chi connectivity index (χ4n) is 3.14. The second-order valence-electron chi connectivity index (χ2n) is 7.29. The van der Waals surface area contributed by atoms with Crippen LogP contribution >= 0.6 is 0 Å². The molecule has 3 heterocycles. The molecule has 0 aliphatic rings. The Morgan fingerprint density at radius 1 is 1.03 bits per heavy atom. The van der Waals surface area contributed by atoms with Crippen LogP contribution in [0, 0.1) is 0 Å². The molecular formula is C24H21N5O3S. The monoisotopic (exact) mass is 459 g/mol. The molecule has 0 spiro atoms. The zero-order valence-electron chi connectivity index (χ0n) is 17.8. The van der Waals surface area contributed by atoms with Gasteiger partial charge in [-0.25, -0.2) is 13.1 Å². The van der Waals surface area contributed by atoms with Crippen LogP contribution in [0.2, 0.25) is 0 Å². The van der Waals surface area contributed by atoms with E-state index in [1.165, 1.54) is 12.3 Å². The van der Waals surface area contributed by atoms with Crippen LogP contribution in [0.25, 0.3) is 23.0 Å². The first-order valence-corrected chi connectivity index (χ1v) is 11.9. The van der Waals surface area contributed by atoms with Crippen molar-refractivity contribution in [3.8, 4) is 16.9 Å². The molecule has 9 heteroatoms. The lowest BCUT2D eigenvalue weighted by Crippen LogP contribution is -2.20. The first-order chi connectivity index (χ1) is 15.9. The number of rotatable bonds is 7. The molecule has 4 aromatic rings. The van der Waals surface area contributed by atoms with Gasteiger partial charge in [0, 0.05) is 61.0 Å². The molecule has 166 valence electrons. The summed E-state index contributed by atoms with van der Waals surface area (Å²) in [5.41, 5.74) is 3.83. The highest BCUT2D eigenvalue weighted by molar-refractivity contribution is 7.90. The summed E-state index contributed by atoms with van der Waals surface area (Å²) in [6, 6.07) is 13.8. The van der Waals surface area contributed by atoms with E-state index >= 15 is 0 Å². The van der Waals surface area contributed by atoms with Crippen molar-refractivity contribution >= 4 is 21.8 Å². The van der Waals surface area contributed by atoms with Crippen LogP contribution < -0.4 is 5.32 Å². The van der Waals surface area contributed by atoms with Gasteiger partial charge in [-0.1, -0.05) is 6.07 Å². The maximum atomic E-state index is 12.3. The maximum absolute atomic E-state index is 12.3. The van der Waals surface area contributed by atoms with Gasteiger partial charge < -0.3 is 5.32 Å². The molecular weight excluding hydrogens is 438 g/mol. The predicted octanol–water partition coefficient (Wildman–Crippen LogP) is 3.06. The third-order valence-electron chi connectivity index (χ3n) is 4.83. The van der Waals surface area contributed by atoms with E-state index in [0.717, 1.165) is 16.7 Å². The normalized spacial score (nSPS) is 11.5. The van der Waals surface area contributed by atoms with Gasteiger partial charge in [-0.15, -0.1) is 0 Å². The van der Waals surface area contributed by atoms with Crippen LogP contribution in [0.15, 0.2) is 90.5 Å². The molecule has 0 saturated heterocycles. The van der Waals surface area contributed by atoms with E-state index in [9.17, 15) is 13.2 Å². The molecule has 0 aliphatic heterocycles. The van der Waals surface area contributed by atoms with Crippen molar-refractivity contribution in [2.45, 2.75) is 11.4 Å². The standard InChI is InChI=1S/C24H21N5O3S/c1-33(31,32)22-7-5-21(6-8-22)29-17-20(24(28-29)19-10-13-25-14-11-19)4-9-23(30)27-16-18-3-2-12-26-15-18/h2-15,17H,16H2,1H3,(H,27,30)/b9-4+. The lowest BCUT2D eigenvalue weighted by atomic mass is 10.1. The third kappa shape index (κ3) is 5.58. The van der Waals surface area contributed by atoms with Gasteiger partial charge in [-0.3, -0.25) is 14.8 Å². The average Bonchev–Trinajstić information content (AvgIpc) is 3.26. The highest BCUT2D eigenvalue weighted by atomic mass is 32.2. The highest BCUT2D eigenvalue weighted by Crippen LogP contribution is 2.25. The predicted molar refractivity (Wildman–Crippen MR) is 125 cm³/mol. The summed E-state index contributed by atoms with van der Waals surface area (Å²) in [5.74, 6) is -0.246. The van der Waals surface area contributed by atoms with Crippen LogP contribution in [-0.2, 0) is 21.2 Å². The molecule has 1 amide bonds. The first-order valence-electron chi connectivity index (χ1n) is 10.1. The molecule has 0 unspecified atom stereocenters. The molecule has 0 aliphatic carbocycles. The van der Waals surface area contributed by atoms with Gasteiger partial charge in [0.05, 0.1) is 10.6 Å². The molecule has 4 rings (SSSR count). The molecule has 1 aromatic carbocycles. The fourth-order valence-corrected chi connectivity index (χ4v) is 3.77. The minimum Gasteiger partial charge on any atom is -0.348 e. The number of carbonyl (C=O) groups is 1. The largest absolute Gasteiger partial charge is 0.348 e. The van der Waals surface area contributed by atoms with Gasteiger partial charge >= 0.3 is 0 Å². The summed E-state index contributed by atoms with van der Waals surface area (Å²) < 4.78 is 25.1. The number of pyridine rings is 2. The van der Waals surface area contributed by atoms with Crippen molar-refractivity contribution in [2.24, 2.45) is 0 Å². The number of sulfone groups is 1. The Kier molecular flexibility index (Phi) is 6.41. The molecule has 0 atom stereocenters. The third-order valence-corrected chi connectivity index (χ3v) is 5.96. The second kappa shape index (κ2) is 9.58. The Hall–Kier alpha value is -4.11. The number of amides is 1. The Bertz CT molecular complexity index is 1380. The van der Waals surface area contributed by atoms with Crippen LogP contribution in [0.1, 0.15) is 11.1 Å². The van der Waals surface area contributed by atoms with Crippen molar-refractivity contribution in [3.05, 3.63) is 96.7 Å². The van der Waals surface area contributed by atoms with E-state index in [2.05, 4.69) is 20.4 Å². The van der Waals surface area contributed by atoms with Gasteiger partial charge in [0.2, 0.25) is 5.91 Å². The second-order valence-corrected chi connectivity index (χ2v) is 9.31. The van der Waals surface area contributed by atoms with Crippen molar-refractivity contribution in [2.75, 3.05) is 6.26 Å². The average molecular weight is 460 g/mol. The zero-order valence-corrected chi connectivity index (χ0v) is 18.6. The number of carbonyl (C=O) groups excluding carboxylic acids is 1. The topological polar surface area (TPSA) is 107 Å². The molecule has 33 heavy (non-hydrogen) atoms. The summed E-state index contributed by atoms with van der Waals surface area (Å²) in [4.78, 5) is 20.6. The van der Waals surface area contributed by atoms with Crippen LogP contribution in [0.3, 0.4) is 0 Å². The lowest BCUT2D eigenvalue weighted by Gasteiger charge is -2.03.